The van der Waals surface area contributed by atoms with Crippen LogP contribution in [0.5, 0.6) is 0 Å². The number of aromatic nitrogens is 2. The molecule has 2 aliphatic rings. The van der Waals surface area contributed by atoms with Crippen LogP contribution in [0.1, 0.15) is 50.5 Å². The summed E-state index contributed by atoms with van der Waals surface area (Å²) >= 11 is 0. The zero-order valence-electron chi connectivity index (χ0n) is 12.4. The fourth-order valence-corrected chi connectivity index (χ4v) is 2.70. The number of hydrogen-bond acceptors (Lipinski definition) is 4. The summed E-state index contributed by atoms with van der Waals surface area (Å²) in [5.41, 5.74) is 0.967. The Morgan fingerprint density at radius 3 is 2.75 bits per heavy atom. The fraction of sp³-hybridized carbons (Fsp3) is 0.667. The Labute approximate surface area is 119 Å². The fourth-order valence-electron chi connectivity index (χ4n) is 2.70. The molecule has 20 heavy (non-hydrogen) atoms. The zero-order chi connectivity index (χ0) is 14.3. The van der Waals surface area contributed by atoms with Gasteiger partial charge in [-0.25, -0.2) is 9.97 Å². The van der Waals surface area contributed by atoms with Gasteiger partial charge in [-0.05, 0) is 19.8 Å². The van der Waals surface area contributed by atoms with Crippen molar-refractivity contribution in [1.29, 1.82) is 0 Å². The molecule has 0 aromatic carbocycles. The summed E-state index contributed by atoms with van der Waals surface area (Å²) in [5, 5.41) is 3.41. The van der Waals surface area contributed by atoms with Crippen LogP contribution in [0.15, 0.2) is 6.07 Å². The first kappa shape index (κ1) is 13.3. The van der Waals surface area contributed by atoms with Gasteiger partial charge in [0.05, 0.1) is 6.04 Å². The van der Waals surface area contributed by atoms with Crippen molar-refractivity contribution in [1.82, 2.24) is 14.9 Å². The molecular formula is C15H22N4O. The second kappa shape index (κ2) is 5.04. The number of carbonyl (C=O) groups excluding carboxylic acids is 1. The summed E-state index contributed by atoms with van der Waals surface area (Å²) in [7, 11) is 0. The zero-order valence-corrected chi connectivity index (χ0v) is 12.4. The van der Waals surface area contributed by atoms with E-state index in [-0.39, 0.29) is 11.9 Å². The van der Waals surface area contributed by atoms with Crippen molar-refractivity contribution in [2.24, 2.45) is 0 Å². The van der Waals surface area contributed by atoms with Gasteiger partial charge in [0.15, 0.2) is 0 Å². The summed E-state index contributed by atoms with van der Waals surface area (Å²) in [5.74, 6) is 2.29. The molecule has 1 unspecified atom stereocenters. The number of rotatable bonds is 4. The molecule has 0 radical (unpaired) electrons. The first-order valence-electron chi connectivity index (χ1n) is 7.44. The van der Waals surface area contributed by atoms with Crippen LogP contribution in [-0.4, -0.2) is 39.4 Å². The molecule has 1 saturated carbocycles. The first-order chi connectivity index (χ1) is 9.52. The largest absolute Gasteiger partial charge is 0.365 e. The lowest BCUT2D eigenvalue weighted by Gasteiger charge is -2.17. The Morgan fingerprint density at radius 1 is 1.35 bits per heavy atom. The van der Waals surface area contributed by atoms with Gasteiger partial charge >= 0.3 is 0 Å². The Morgan fingerprint density at radius 2 is 2.10 bits per heavy atom. The van der Waals surface area contributed by atoms with Crippen molar-refractivity contribution in [2.75, 3.05) is 11.9 Å². The number of anilines is 1. The number of amides is 1. The van der Waals surface area contributed by atoms with Gasteiger partial charge in [0.2, 0.25) is 5.91 Å². The number of nitrogens with zero attached hydrogens (tertiary/aromatic N) is 3. The molecule has 1 aromatic rings. The minimum absolute atomic E-state index is 0.178. The lowest BCUT2D eigenvalue weighted by molar-refractivity contribution is -0.128. The van der Waals surface area contributed by atoms with Crippen LogP contribution in [-0.2, 0) is 4.79 Å². The van der Waals surface area contributed by atoms with E-state index in [1.165, 1.54) is 12.8 Å². The molecule has 5 heteroatoms. The highest BCUT2D eigenvalue weighted by Crippen LogP contribution is 2.31. The lowest BCUT2D eigenvalue weighted by atomic mass is 10.2. The molecule has 2 fully saturated rings. The van der Waals surface area contributed by atoms with Crippen LogP contribution in [0, 0.1) is 6.92 Å². The van der Waals surface area contributed by atoms with Crippen molar-refractivity contribution < 1.29 is 4.79 Å². The van der Waals surface area contributed by atoms with E-state index < -0.39 is 0 Å². The highest BCUT2D eigenvalue weighted by molar-refractivity contribution is 5.80. The second-order valence-corrected chi connectivity index (χ2v) is 6.23. The van der Waals surface area contributed by atoms with Crippen molar-refractivity contribution in [3.63, 3.8) is 0 Å². The first-order valence-corrected chi connectivity index (χ1v) is 7.44. The average Bonchev–Trinajstić information content (AvgIpc) is 3.13. The molecule has 1 aromatic heterocycles. The molecular weight excluding hydrogens is 252 g/mol. The highest BCUT2D eigenvalue weighted by Gasteiger charge is 2.39. The number of carbonyl (C=O) groups is 1. The van der Waals surface area contributed by atoms with Crippen molar-refractivity contribution in [3.05, 3.63) is 17.6 Å². The van der Waals surface area contributed by atoms with Crippen LogP contribution in [0.2, 0.25) is 0 Å². The molecule has 1 amide bonds. The predicted molar refractivity (Wildman–Crippen MR) is 77.6 cm³/mol. The van der Waals surface area contributed by atoms with Gasteiger partial charge in [-0.3, -0.25) is 4.79 Å². The monoisotopic (exact) mass is 274 g/mol. The number of aryl methyl sites for hydroxylation is 1. The van der Waals surface area contributed by atoms with Crippen molar-refractivity contribution in [2.45, 2.75) is 58.0 Å². The van der Waals surface area contributed by atoms with E-state index in [1.807, 2.05) is 17.9 Å². The van der Waals surface area contributed by atoms with Crippen LogP contribution < -0.4 is 5.32 Å². The van der Waals surface area contributed by atoms with Gasteiger partial charge < -0.3 is 10.2 Å². The van der Waals surface area contributed by atoms with E-state index >= 15 is 0 Å². The summed E-state index contributed by atoms with van der Waals surface area (Å²) < 4.78 is 0. The maximum absolute atomic E-state index is 12.0. The molecule has 1 saturated heterocycles. The van der Waals surface area contributed by atoms with Gasteiger partial charge in [-0.15, -0.1) is 0 Å². The Balaban J connectivity index is 1.70. The Bertz CT molecular complexity index is 525. The molecule has 1 aliphatic carbocycles. The maximum Gasteiger partial charge on any atom is 0.225 e. The predicted octanol–water partition coefficient (Wildman–Crippen LogP) is 2.08. The average molecular weight is 274 g/mol. The maximum atomic E-state index is 12.0. The molecule has 1 N–H and O–H groups in total. The number of nitrogens with one attached hydrogen (secondary N) is 1. The lowest BCUT2D eigenvalue weighted by Crippen LogP contribution is -2.30. The quantitative estimate of drug-likeness (QED) is 0.913. The van der Waals surface area contributed by atoms with Crippen LogP contribution in [0.4, 0.5) is 5.82 Å². The van der Waals surface area contributed by atoms with E-state index in [9.17, 15) is 4.79 Å². The third-order valence-corrected chi connectivity index (χ3v) is 3.89. The van der Waals surface area contributed by atoms with E-state index in [2.05, 4.69) is 29.1 Å². The molecule has 1 atom stereocenters. The van der Waals surface area contributed by atoms with Gasteiger partial charge in [0.1, 0.15) is 11.6 Å². The Hall–Kier alpha value is -1.65. The summed E-state index contributed by atoms with van der Waals surface area (Å²) in [4.78, 5) is 23.0. The molecule has 2 heterocycles. The van der Waals surface area contributed by atoms with Gasteiger partial charge in [0, 0.05) is 36.7 Å². The molecule has 3 rings (SSSR count). The third-order valence-electron chi connectivity index (χ3n) is 3.89. The second-order valence-electron chi connectivity index (χ2n) is 6.23. The van der Waals surface area contributed by atoms with Crippen molar-refractivity contribution in [3.8, 4) is 0 Å². The minimum Gasteiger partial charge on any atom is -0.365 e. The van der Waals surface area contributed by atoms with Gasteiger partial charge in [-0.2, -0.15) is 0 Å². The summed E-state index contributed by atoms with van der Waals surface area (Å²) in [6, 6.07) is 2.64. The van der Waals surface area contributed by atoms with E-state index in [4.69, 9.17) is 0 Å². The van der Waals surface area contributed by atoms with E-state index in [0.717, 1.165) is 23.9 Å². The number of hydrogen-bond donors (Lipinski definition) is 1. The minimum atomic E-state index is 0.178. The molecule has 1 aliphatic heterocycles. The van der Waals surface area contributed by atoms with Gasteiger partial charge in [0.25, 0.3) is 0 Å². The molecule has 5 nitrogen and oxygen atoms in total. The van der Waals surface area contributed by atoms with Gasteiger partial charge in [-0.1, -0.05) is 13.8 Å². The van der Waals surface area contributed by atoms with E-state index in [1.54, 1.807) is 0 Å². The van der Waals surface area contributed by atoms with Crippen LogP contribution >= 0.6 is 0 Å². The van der Waals surface area contributed by atoms with Crippen LogP contribution in [0.25, 0.3) is 0 Å². The summed E-state index contributed by atoms with van der Waals surface area (Å²) in [6.07, 6.45) is 2.92. The highest BCUT2D eigenvalue weighted by atomic mass is 16.2. The Kier molecular flexibility index (Phi) is 3.36. The molecule has 0 bridgehead atoms. The third kappa shape index (κ3) is 2.76. The SMILES string of the molecule is Cc1cc(NC2CC(=O)N(C3CC3)C2)nc(C(C)C)n1. The molecule has 0 spiro atoms. The van der Waals surface area contributed by atoms with E-state index in [0.29, 0.717) is 18.4 Å². The summed E-state index contributed by atoms with van der Waals surface area (Å²) in [6.45, 7) is 6.97. The normalized spacial score (nSPS) is 22.7. The standard InChI is InChI=1S/C15H22N4O/c1-9(2)15-16-10(3)6-13(18-15)17-11-7-14(20)19(8-11)12-4-5-12/h6,9,11-12H,4-5,7-8H2,1-3H3,(H,16,17,18). The smallest absolute Gasteiger partial charge is 0.225 e. The topological polar surface area (TPSA) is 58.1 Å². The molecule has 108 valence electrons. The van der Waals surface area contributed by atoms with Crippen LogP contribution in [0.3, 0.4) is 0 Å². The number of likely N-dealkylation sites (tertiary alicyclic amines) is 1. The van der Waals surface area contributed by atoms with Crippen molar-refractivity contribution >= 4 is 11.7 Å².